The molecule has 194 valence electrons. The number of hydrogen-bond donors (Lipinski definition) is 1. The van der Waals surface area contributed by atoms with Crippen LogP contribution < -0.4 is 15.0 Å². The fourth-order valence-electron chi connectivity index (χ4n) is 5.01. The monoisotopic (exact) mass is 508 g/mol. The van der Waals surface area contributed by atoms with Crippen LogP contribution in [0, 0.1) is 5.92 Å². The SMILES string of the molecule is CCCCCN1CC(C)CCc2cc3ncnc(Nc4ccc(Oc5ccn6ncnc6c5)cc4)c3nc21. The van der Waals surface area contributed by atoms with E-state index in [1.54, 1.807) is 10.8 Å². The Morgan fingerprint density at radius 1 is 1.00 bits per heavy atom. The van der Waals surface area contributed by atoms with Crippen molar-refractivity contribution in [3.8, 4) is 11.5 Å². The number of aryl methyl sites for hydroxylation is 1. The molecule has 4 aromatic heterocycles. The number of pyridine rings is 2. The zero-order valence-electron chi connectivity index (χ0n) is 21.8. The van der Waals surface area contributed by atoms with Crippen LogP contribution in [0.5, 0.6) is 11.5 Å². The Labute approximate surface area is 221 Å². The molecule has 0 spiro atoms. The first kappa shape index (κ1) is 24.1. The minimum Gasteiger partial charge on any atom is -0.457 e. The predicted molar refractivity (Wildman–Crippen MR) is 149 cm³/mol. The maximum absolute atomic E-state index is 6.01. The molecule has 0 aliphatic carbocycles. The minimum atomic E-state index is 0.636. The van der Waals surface area contributed by atoms with Crippen molar-refractivity contribution in [3.63, 3.8) is 0 Å². The van der Waals surface area contributed by atoms with Gasteiger partial charge in [-0.25, -0.2) is 24.5 Å². The van der Waals surface area contributed by atoms with Gasteiger partial charge < -0.3 is 15.0 Å². The molecule has 9 nitrogen and oxygen atoms in total. The number of ether oxygens (including phenoxy) is 1. The number of unbranched alkanes of at least 4 members (excludes halogenated alkanes) is 2. The van der Waals surface area contributed by atoms with Gasteiger partial charge in [-0.15, -0.1) is 0 Å². The van der Waals surface area contributed by atoms with E-state index < -0.39 is 0 Å². The van der Waals surface area contributed by atoms with Crippen LogP contribution in [-0.2, 0) is 6.42 Å². The number of nitrogens with one attached hydrogen (secondary N) is 1. The predicted octanol–water partition coefficient (Wildman–Crippen LogP) is 6.18. The van der Waals surface area contributed by atoms with E-state index >= 15 is 0 Å². The van der Waals surface area contributed by atoms with Crippen LogP contribution in [-0.4, -0.2) is 42.6 Å². The van der Waals surface area contributed by atoms with Crippen LogP contribution in [0.25, 0.3) is 16.7 Å². The molecule has 1 atom stereocenters. The van der Waals surface area contributed by atoms with Crippen molar-refractivity contribution in [2.45, 2.75) is 46.0 Å². The maximum atomic E-state index is 6.01. The summed E-state index contributed by atoms with van der Waals surface area (Å²) in [6.07, 6.45) is 10.8. The summed E-state index contributed by atoms with van der Waals surface area (Å²) in [4.78, 5) is 21.0. The Balaban J connectivity index is 1.24. The van der Waals surface area contributed by atoms with Gasteiger partial charge in [0.05, 0.1) is 5.52 Å². The molecule has 0 saturated carbocycles. The van der Waals surface area contributed by atoms with E-state index in [0.717, 1.165) is 53.4 Å². The van der Waals surface area contributed by atoms with E-state index in [9.17, 15) is 0 Å². The summed E-state index contributed by atoms with van der Waals surface area (Å²) in [6.45, 7) is 6.66. The van der Waals surface area contributed by atoms with Crippen LogP contribution in [0.3, 0.4) is 0 Å². The van der Waals surface area contributed by atoms with Crippen LogP contribution in [0.2, 0.25) is 0 Å². The molecule has 38 heavy (non-hydrogen) atoms. The summed E-state index contributed by atoms with van der Waals surface area (Å²) in [7, 11) is 0. The van der Waals surface area contributed by atoms with Gasteiger partial charge in [0.2, 0.25) is 0 Å². The topological polar surface area (TPSA) is 93.4 Å². The molecule has 0 bridgehead atoms. The van der Waals surface area contributed by atoms with Gasteiger partial charge in [0.15, 0.2) is 11.5 Å². The van der Waals surface area contributed by atoms with E-state index in [2.05, 4.69) is 50.2 Å². The van der Waals surface area contributed by atoms with E-state index in [1.165, 1.54) is 37.6 Å². The minimum absolute atomic E-state index is 0.636. The Morgan fingerprint density at radius 2 is 1.89 bits per heavy atom. The Morgan fingerprint density at radius 3 is 2.76 bits per heavy atom. The third-order valence-electron chi connectivity index (χ3n) is 7.04. The van der Waals surface area contributed by atoms with Crippen LogP contribution >= 0.6 is 0 Å². The van der Waals surface area contributed by atoms with Crippen LogP contribution in [0.15, 0.2) is 61.3 Å². The second-order valence-corrected chi connectivity index (χ2v) is 10.0. The lowest BCUT2D eigenvalue weighted by Gasteiger charge is -2.26. The number of rotatable bonds is 8. The second kappa shape index (κ2) is 10.6. The normalized spacial score (nSPS) is 15.4. The molecule has 1 aromatic carbocycles. The molecule has 5 heterocycles. The van der Waals surface area contributed by atoms with Crippen molar-refractivity contribution in [1.82, 2.24) is 29.5 Å². The first-order valence-corrected chi connectivity index (χ1v) is 13.4. The van der Waals surface area contributed by atoms with E-state index in [4.69, 9.17) is 9.72 Å². The fourth-order valence-corrected chi connectivity index (χ4v) is 5.01. The van der Waals surface area contributed by atoms with Crippen LogP contribution in [0.1, 0.15) is 45.1 Å². The highest BCUT2D eigenvalue weighted by atomic mass is 16.5. The van der Waals surface area contributed by atoms with E-state index in [1.807, 2.05) is 42.6 Å². The molecular formula is C29H32N8O. The molecule has 1 N–H and O–H groups in total. The first-order chi connectivity index (χ1) is 18.7. The Bertz CT molecular complexity index is 1550. The largest absolute Gasteiger partial charge is 0.457 e. The highest BCUT2D eigenvalue weighted by molar-refractivity contribution is 5.89. The standard InChI is InChI=1S/C29H32N8O/c1-3-4-5-13-36-17-20(2)6-7-21-15-25-27(35-29(21)36)28(32-18-30-25)34-22-8-10-23(11-9-22)38-24-12-14-37-26(16-24)31-19-33-37/h8-12,14-16,18-20H,3-7,13,17H2,1-2H3,(H,30,32,34). The summed E-state index contributed by atoms with van der Waals surface area (Å²) in [6, 6.07) is 13.7. The molecule has 9 heteroatoms. The zero-order valence-corrected chi connectivity index (χ0v) is 21.8. The number of benzene rings is 1. The van der Waals surface area contributed by atoms with Crippen LogP contribution in [0.4, 0.5) is 17.3 Å². The third-order valence-corrected chi connectivity index (χ3v) is 7.04. The first-order valence-electron chi connectivity index (χ1n) is 13.4. The van der Waals surface area contributed by atoms with Crippen molar-refractivity contribution in [2.24, 2.45) is 5.92 Å². The van der Waals surface area contributed by atoms with Crippen molar-refractivity contribution in [3.05, 3.63) is 66.9 Å². The molecule has 6 rings (SSSR count). The van der Waals surface area contributed by atoms with Gasteiger partial charge in [0.25, 0.3) is 0 Å². The average Bonchev–Trinajstić information content (AvgIpc) is 3.34. The number of aromatic nitrogens is 6. The number of fused-ring (bicyclic) bond motifs is 3. The summed E-state index contributed by atoms with van der Waals surface area (Å²) in [5.41, 5.74) is 4.58. The summed E-state index contributed by atoms with van der Waals surface area (Å²) < 4.78 is 7.71. The number of anilines is 3. The fraction of sp³-hybridized carbons (Fsp3) is 0.345. The molecule has 1 aliphatic heterocycles. The van der Waals surface area contributed by atoms with E-state index in [-0.39, 0.29) is 0 Å². The van der Waals surface area contributed by atoms with Gasteiger partial charge in [-0.05, 0) is 67.1 Å². The molecule has 5 aromatic rings. The average molecular weight is 509 g/mol. The third kappa shape index (κ3) is 5.09. The highest BCUT2D eigenvalue weighted by Crippen LogP contribution is 2.32. The number of hydrogen-bond acceptors (Lipinski definition) is 8. The van der Waals surface area contributed by atoms with Gasteiger partial charge >= 0.3 is 0 Å². The lowest BCUT2D eigenvalue weighted by atomic mass is 10.0. The second-order valence-electron chi connectivity index (χ2n) is 10.0. The van der Waals surface area contributed by atoms with Crippen molar-refractivity contribution < 1.29 is 4.74 Å². The van der Waals surface area contributed by atoms with Crippen molar-refractivity contribution >= 4 is 34.0 Å². The molecular weight excluding hydrogens is 476 g/mol. The van der Waals surface area contributed by atoms with Gasteiger partial charge in [-0.2, -0.15) is 5.10 Å². The summed E-state index contributed by atoms with van der Waals surface area (Å²) in [5, 5.41) is 7.56. The number of nitrogens with zero attached hydrogens (tertiary/aromatic N) is 7. The zero-order chi connectivity index (χ0) is 25.9. The lowest BCUT2D eigenvalue weighted by molar-refractivity contribution is 0.482. The van der Waals surface area contributed by atoms with Crippen molar-refractivity contribution in [2.75, 3.05) is 23.3 Å². The molecule has 0 fully saturated rings. The van der Waals surface area contributed by atoms with Gasteiger partial charge in [0.1, 0.15) is 35.5 Å². The summed E-state index contributed by atoms with van der Waals surface area (Å²) in [5.74, 6) is 3.86. The summed E-state index contributed by atoms with van der Waals surface area (Å²) >= 11 is 0. The van der Waals surface area contributed by atoms with Crippen molar-refractivity contribution in [1.29, 1.82) is 0 Å². The van der Waals surface area contributed by atoms with Gasteiger partial charge in [0, 0.05) is 31.0 Å². The molecule has 1 unspecified atom stereocenters. The molecule has 0 radical (unpaired) electrons. The lowest BCUT2D eigenvalue weighted by Crippen LogP contribution is -2.29. The molecule has 0 amide bonds. The Hall–Kier alpha value is -4.27. The maximum Gasteiger partial charge on any atom is 0.160 e. The highest BCUT2D eigenvalue weighted by Gasteiger charge is 2.22. The van der Waals surface area contributed by atoms with Gasteiger partial charge in [-0.1, -0.05) is 26.7 Å². The Kier molecular flexibility index (Phi) is 6.73. The smallest absolute Gasteiger partial charge is 0.160 e. The van der Waals surface area contributed by atoms with E-state index in [0.29, 0.717) is 17.5 Å². The quantitative estimate of drug-likeness (QED) is 0.248. The van der Waals surface area contributed by atoms with Gasteiger partial charge in [-0.3, -0.25) is 0 Å². The molecule has 1 aliphatic rings. The molecule has 0 saturated heterocycles.